The highest BCUT2D eigenvalue weighted by Gasteiger charge is 2.23. The maximum absolute atomic E-state index is 11.9. The zero-order chi connectivity index (χ0) is 21.5. The van der Waals surface area contributed by atoms with Crippen molar-refractivity contribution in [3.05, 3.63) is 65.7 Å². The lowest BCUT2D eigenvalue weighted by Gasteiger charge is -2.34. The predicted molar refractivity (Wildman–Crippen MR) is 123 cm³/mol. The molecule has 1 N–H and O–H groups in total. The summed E-state index contributed by atoms with van der Waals surface area (Å²) in [4.78, 5) is 20.6. The summed E-state index contributed by atoms with van der Waals surface area (Å²) in [6, 6.07) is 18.5. The minimum Gasteiger partial charge on any atom is -0.490 e. The molecule has 6 nitrogen and oxygen atoms in total. The van der Waals surface area contributed by atoms with E-state index < -0.39 is 0 Å². The van der Waals surface area contributed by atoms with Gasteiger partial charge in [0, 0.05) is 59.0 Å². The first-order valence-electron chi connectivity index (χ1n) is 11.2. The van der Waals surface area contributed by atoms with E-state index in [-0.39, 0.29) is 12.0 Å². The number of carbonyl (C=O) groups is 1. The number of nitrogens with zero attached hydrogens (tertiary/aromatic N) is 3. The molecule has 0 unspecified atom stereocenters. The first-order chi connectivity index (χ1) is 15.2. The van der Waals surface area contributed by atoms with Crippen LogP contribution < -0.4 is 10.1 Å². The van der Waals surface area contributed by atoms with Crippen LogP contribution in [0.3, 0.4) is 0 Å². The summed E-state index contributed by atoms with van der Waals surface area (Å²) >= 11 is 0. The molecule has 2 aromatic rings. The van der Waals surface area contributed by atoms with Crippen molar-refractivity contribution in [3.63, 3.8) is 0 Å². The second-order valence-corrected chi connectivity index (χ2v) is 8.26. The quantitative estimate of drug-likeness (QED) is 0.575. The van der Waals surface area contributed by atoms with Gasteiger partial charge in [-0.25, -0.2) is 0 Å². The fourth-order valence-corrected chi connectivity index (χ4v) is 4.32. The Morgan fingerprint density at radius 2 is 1.84 bits per heavy atom. The Bertz CT molecular complexity index is 891. The van der Waals surface area contributed by atoms with Gasteiger partial charge in [0.05, 0.1) is 0 Å². The Kier molecular flexibility index (Phi) is 7.07. The molecule has 6 heteroatoms. The summed E-state index contributed by atoms with van der Waals surface area (Å²) in [6.45, 7) is 4.14. The van der Waals surface area contributed by atoms with Crippen molar-refractivity contribution in [1.82, 2.24) is 15.1 Å². The second kappa shape index (κ2) is 10.3. The van der Waals surface area contributed by atoms with Crippen LogP contribution in [0.15, 0.2) is 59.6 Å². The number of aliphatic imine (C=N–C) groups is 1. The van der Waals surface area contributed by atoms with Crippen LogP contribution in [-0.2, 0) is 17.9 Å². The van der Waals surface area contributed by atoms with E-state index in [1.165, 1.54) is 11.1 Å². The molecule has 0 aromatic heterocycles. The van der Waals surface area contributed by atoms with Crippen molar-refractivity contribution in [2.75, 3.05) is 26.7 Å². The average molecular weight is 421 g/mol. The first-order valence-corrected chi connectivity index (χ1v) is 11.2. The minimum atomic E-state index is 0.252. The Balaban J connectivity index is 1.26. The second-order valence-electron chi connectivity index (χ2n) is 8.26. The summed E-state index contributed by atoms with van der Waals surface area (Å²) in [5, 5.41) is 3.50. The number of amides is 1. The SMILES string of the molecule is CN=C(NCc1cccc(CN2CCCC2=O)c1)N1CCC(Oc2ccccc2)CC1. The zero-order valence-corrected chi connectivity index (χ0v) is 18.3. The number of benzene rings is 2. The number of carbonyl (C=O) groups excluding carboxylic acids is 1. The standard InChI is InChI=1S/C25H32N4O2/c1-26-25(28-15-12-23(13-16-28)31-22-9-3-2-4-10-22)27-18-20-7-5-8-21(17-20)19-29-14-6-11-24(29)30/h2-5,7-10,17,23H,6,11-16,18-19H2,1H3,(H,26,27). The van der Waals surface area contributed by atoms with E-state index in [1.54, 1.807) is 0 Å². The predicted octanol–water partition coefficient (Wildman–Crippen LogP) is 3.43. The number of para-hydroxylation sites is 1. The van der Waals surface area contributed by atoms with Crippen LogP contribution in [0, 0.1) is 0 Å². The summed E-state index contributed by atoms with van der Waals surface area (Å²) in [6.07, 6.45) is 3.87. The molecular formula is C25H32N4O2. The van der Waals surface area contributed by atoms with Crippen LogP contribution in [0.2, 0.25) is 0 Å². The van der Waals surface area contributed by atoms with Gasteiger partial charge < -0.3 is 19.9 Å². The largest absolute Gasteiger partial charge is 0.490 e. The van der Waals surface area contributed by atoms with Crippen LogP contribution in [0.25, 0.3) is 0 Å². The molecule has 0 radical (unpaired) electrons. The summed E-state index contributed by atoms with van der Waals surface area (Å²) in [5.41, 5.74) is 2.39. The third-order valence-corrected chi connectivity index (χ3v) is 5.99. The monoisotopic (exact) mass is 420 g/mol. The zero-order valence-electron chi connectivity index (χ0n) is 18.3. The van der Waals surface area contributed by atoms with Crippen molar-refractivity contribution in [2.24, 2.45) is 4.99 Å². The van der Waals surface area contributed by atoms with Gasteiger partial charge >= 0.3 is 0 Å². The van der Waals surface area contributed by atoms with Crippen molar-refractivity contribution in [1.29, 1.82) is 0 Å². The molecule has 0 saturated carbocycles. The maximum Gasteiger partial charge on any atom is 0.222 e. The number of likely N-dealkylation sites (tertiary alicyclic amines) is 2. The lowest BCUT2D eigenvalue weighted by molar-refractivity contribution is -0.128. The van der Waals surface area contributed by atoms with E-state index in [0.717, 1.165) is 57.2 Å². The van der Waals surface area contributed by atoms with Crippen molar-refractivity contribution in [3.8, 4) is 5.75 Å². The number of rotatable bonds is 6. The van der Waals surface area contributed by atoms with Crippen LogP contribution in [0.1, 0.15) is 36.8 Å². The summed E-state index contributed by atoms with van der Waals surface area (Å²) in [5.74, 6) is 2.14. The molecule has 4 rings (SSSR count). The Morgan fingerprint density at radius 3 is 2.55 bits per heavy atom. The van der Waals surface area contributed by atoms with Crippen molar-refractivity contribution >= 4 is 11.9 Å². The Morgan fingerprint density at radius 1 is 1.06 bits per heavy atom. The molecule has 164 valence electrons. The van der Waals surface area contributed by atoms with Gasteiger partial charge in [-0.05, 0) is 29.7 Å². The Hall–Kier alpha value is -3.02. The van der Waals surface area contributed by atoms with Gasteiger partial charge in [-0.3, -0.25) is 9.79 Å². The number of nitrogens with one attached hydrogen (secondary N) is 1. The van der Waals surface area contributed by atoms with Crippen molar-refractivity contribution < 1.29 is 9.53 Å². The molecule has 2 aliphatic rings. The third-order valence-electron chi connectivity index (χ3n) is 5.99. The van der Waals surface area contributed by atoms with Crippen molar-refractivity contribution in [2.45, 2.75) is 44.9 Å². The first kappa shape index (κ1) is 21.2. The van der Waals surface area contributed by atoms with E-state index >= 15 is 0 Å². The van der Waals surface area contributed by atoms with E-state index in [2.05, 4.69) is 39.5 Å². The molecule has 0 aliphatic carbocycles. The number of hydrogen-bond acceptors (Lipinski definition) is 3. The molecule has 0 bridgehead atoms. The lowest BCUT2D eigenvalue weighted by Crippen LogP contribution is -2.47. The van der Waals surface area contributed by atoms with Gasteiger partial charge in [-0.2, -0.15) is 0 Å². The van der Waals surface area contributed by atoms with E-state index in [0.29, 0.717) is 13.0 Å². The number of guanidine groups is 1. The van der Waals surface area contributed by atoms with Crippen LogP contribution >= 0.6 is 0 Å². The number of hydrogen-bond donors (Lipinski definition) is 1. The summed E-state index contributed by atoms with van der Waals surface area (Å²) < 4.78 is 6.11. The van der Waals surface area contributed by atoms with Gasteiger partial charge in [0.25, 0.3) is 0 Å². The van der Waals surface area contributed by atoms with Gasteiger partial charge in [-0.15, -0.1) is 0 Å². The third kappa shape index (κ3) is 5.78. The smallest absolute Gasteiger partial charge is 0.222 e. The summed E-state index contributed by atoms with van der Waals surface area (Å²) in [7, 11) is 1.84. The molecule has 2 saturated heterocycles. The molecule has 0 spiro atoms. The minimum absolute atomic E-state index is 0.252. The molecule has 2 aromatic carbocycles. The van der Waals surface area contributed by atoms with Crippen LogP contribution in [0.4, 0.5) is 0 Å². The fraction of sp³-hybridized carbons (Fsp3) is 0.440. The molecule has 31 heavy (non-hydrogen) atoms. The molecule has 2 aliphatic heterocycles. The highest BCUT2D eigenvalue weighted by molar-refractivity contribution is 5.80. The van der Waals surface area contributed by atoms with Gasteiger partial charge in [-0.1, -0.05) is 42.5 Å². The highest BCUT2D eigenvalue weighted by Crippen LogP contribution is 2.19. The number of ether oxygens (including phenoxy) is 1. The molecule has 0 atom stereocenters. The van der Waals surface area contributed by atoms with Crippen LogP contribution in [-0.4, -0.2) is 54.5 Å². The molecule has 1 amide bonds. The normalized spacial score (nSPS) is 17.8. The van der Waals surface area contributed by atoms with Gasteiger partial charge in [0.2, 0.25) is 5.91 Å². The number of piperidine rings is 1. The van der Waals surface area contributed by atoms with E-state index in [1.807, 2.05) is 42.3 Å². The average Bonchev–Trinajstić information content (AvgIpc) is 3.20. The lowest BCUT2D eigenvalue weighted by atomic mass is 10.1. The fourth-order valence-electron chi connectivity index (χ4n) is 4.32. The van der Waals surface area contributed by atoms with Gasteiger partial charge in [0.15, 0.2) is 5.96 Å². The van der Waals surface area contributed by atoms with Gasteiger partial charge in [0.1, 0.15) is 11.9 Å². The maximum atomic E-state index is 11.9. The van der Waals surface area contributed by atoms with E-state index in [4.69, 9.17) is 4.74 Å². The molecular weight excluding hydrogens is 388 g/mol. The van der Waals surface area contributed by atoms with Crippen LogP contribution in [0.5, 0.6) is 5.75 Å². The Labute approximate surface area is 184 Å². The van der Waals surface area contributed by atoms with E-state index in [9.17, 15) is 4.79 Å². The molecule has 2 heterocycles. The topological polar surface area (TPSA) is 57.2 Å². The molecule has 2 fully saturated rings. The highest BCUT2D eigenvalue weighted by atomic mass is 16.5.